The minimum atomic E-state index is -0.965. The van der Waals surface area contributed by atoms with Gasteiger partial charge in [0.1, 0.15) is 6.04 Å². The maximum atomic E-state index is 13.1. The predicted molar refractivity (Wildman–Crippen MR) is 176 cm³/mol. The lowest BCUT2D eigenvalue weighted by Gasteiger charge is -2.35. The monoisotopic (exact) mass is 648 g/mol. The molecule has 246 valence electrons. The fourth-order valence-corrected chi connectivity index (χ4v) is 7.18. The summed E-state index contributed by atoms with van der Waals surface area (Å²) in [6.45, 7) is 3.96. The van der Waals surface area contributed by atoms with Crippen molar-refractivity contribution in [2.75, 3.05) is 43.1 Å². The molecule has 3 fully saturated rings. The van der Waals surface area contributed by atoms with E-state index in [2.05, 4.69) is 48.6 Å². The number of rotatable bonds is 9. The quantitative estimate of drug-likeness (QED) is 0.204. The van der Waals surface area contributed by atoms with E-state index < -0.39 is 29.7 Å². The number of hydrogen-bond acceptors (Lipinski definition) is 10. The highest BCUT2D eigenvalue weighted by Crippen LogP contribution is 2.40. The molecule has 2 aromatic carbocycles. The first-order valence-corrected chi connectivity index (χ1v) is 16.6. The van der Waals surface area contributed by atoms with Crippen LogP contribution in [0.5, 0.6) is 0 Å². The molecule has 2 aromatic heterocycles. The number of carbonyl (C=O) groups is 4. The number of anilines is 2. The third-order valence-electron chi connectivity index (χ3n) is 9.94. The molecule has 4 aliphatic rings. The number of piperidine rings is 1. The first kappa shape index (κ1) is 30.2. The Bertz CT molecular complexity index is 1930. The molecule has 8 rings (SSSR count). The first-order valence-electron chi connectivity index (χ1n) is 16.6. The minimum absolute atomic E-state index is 0.0961. The molecule has 0 radical (unpaired) electrons. The van der Waals surface area contributed by atoms with Crippen molar-refractivity contribution < 1.29 is 23.9 Å². The molecule has 4 aromatic rings. The Hall–Kier alpha value is -5.17. The van der Waals surface area contributed by atoms with Crippen LogP contribution in [-0.4, -0.2) is 87.2 Å². The number of fused-ring (bicyclic) bond motifs is 2. The lowest BCUT2D eigenvalue weighted by Crippen LogP contribution is -2.54. The van der Waals surface area contributed by atoms with Crippen molar-refractivity contribution in [3.8, 4) is 11.3 Å². The summed E-state index contributed by atoms with van der Waals surface area (Å²) in [5, 5.41) is 10.3. The summed E-state index contributed by atoms with van der Waals surface area (Å²) in [6, 6.07) is 10.7. The second kappa shape index (κ2) is 12.5. The van der Waals surface area contributed by atoms with Crippen LogP contribution in [0.4, 0.5) is 11.4 Å². The van der Waals surface area contributed by atoms with Crippen LogP contribution in [0.3, 0.4) is 0 Å². The summed E-state index contributed by atoms with van der Waals surface area (Å²) in [4.78, 5) is 62.7. The summed E-state index contributed by atoms with van der Waals surface area (Å²) in [6.07, 6.45) is 10.2. The number of nitrogens with one attached hydrogen (secondary N) is 2. The van der Waals surface area contributed by atoms with Crippen LogP contribution in [0.25, 0.3) is 22.3 Å². The molecule has 1 saturated carbocycles. The van der Waals surface area contributed by atoms with Gasteiger partial charge in [0.15, 0.2) is 0 Å². The molecular formula is C35H36N8O5. The van der Waals surface area contributed by atoms with Crippen molar-refractivity contribution >= 4 is 46.0 Å². The zero-order valence-electron chi connectivity index (χ0n) is 26.4. The first-order chi connectivity index (χ1) is 23.4. The fraction of sp³-hybridized carbons (Fsp3) is 0.400. The Morgan fingerprint density at radius 3 is 2.60 bits per heavy atom. The van der Waals surface area contributed by atoms with E-state index in [1.54, 1.807) is 18.2 Å². The Balaban J connectivity index is 0.819. The molecule has 3 aliphatic heterocycles. The molecule has 5 heterocycles. The number of ether oxygens (including phenoxy) is 1. The highest BCUT2D eigenvalue weighted by Gasteiger charge is 2.44. The van der Waals surface area contributed by atoms with Crippen molar-refractivity contribution in [3.63, 3.8) is 0 Å². The number of imide groups is 2. The van der Waals surface area contributed by atoms with E-state index in [-0.39, 0.29) is 24.0 Å². The normalized spacial score (nSPS) is 22.5. The summed E-state index contributed by atoms with van der Waals surface area (Å²) >= 11 is 0. The fourth-order valence-electron chi connectivity index (χ4n) is 7.18. The zero-order chi connectivity index (χ0) is 32.8. The van der Waals surface area contributed by atoms with Crippen LogP contribution in [0.1, 0.15) is 65.3 Å². The van der Waals surface area contributed by atoms with Gasteiger partial charge in [-0.3, -0.25) is 39.1 Å². The van der Waals surface area contributed by atoms with E-state index >= 15 is 0 Å². The van der Waals surface area contributed by atoms with Crippen LogP contribution in [-0.2, 0) is 14.3 Å². The topological polar surface area (TPSA) is 152 Å². The molecule has 1 aliphatic carbocycles. The van der Waals surface area contributed by atoms with Crippen LogP contribution in [0.15, 0.2) is 55.0 Å². The molecule has 0 spiro atoms. The molecular weight excluding hydrogens is 612 g/mol. The SMILES string of the molecule is O=C1CCC(N2C(=O)c3ccc(NCCC[C@H]4C[C@H](n5cc(-c6cnc7ccc(N8CCOCC8)cc7n6)cn5)C4)cc3C2=O)C(=O)N1. The molecule has 1 atom stereocenters. The highest BCUT2D eigenvalue weighted by molar-refractivity contribution is 6.23. The molecule has 2 saturated heterocycles. The maximum absolute atomic E-state index is 13.1. The molecule has 13 heteroatoms. The van der Waals surface area contributed by atoms with Gasteiger partial charge in [0, 0.05) is 49.2 Å². The number of aromatic nitrogens is 4. The van der Waals surface area contributed by atoms with Gasteiger partial charge in [0.05, 0.1) is 59.5 Å². The largest absolute Gasteiger partial charge is 0.385 e. The Morgan fingerprint density at radius 2 is 1.77 bits per heavy atom. The number of hydrogen-bond donors (Lipinski definition) is 2. The Kier molecular flexibility index (Phi) is 7.83. The Labute approximate surface area is 276 Å². The number of carbonyl (C=O) groups excluding carboxylic acids is 4. The summed E-state index contributed by atoms with van der Waals surface area (Å²) < 4.78 is 7.55. The molecule has 4 amide bonds. The van der Waals surface area contributed by atoms with Crippen molar-refractivity contribution in [1.82, 2.24) is 30.0 Å². The molecule has 1 unspecified atom stereocenters. The van der Waals surface area contributed by atoms with E-state index in [0.717, 1.165) is 97.1 Å². The lowest BCUT2D eigenvalue weighted by molar-refractivity contribution is -0.136. The number of amides is 4. The smallest absolute Gasteiger partial charge is 0.262 e. The van der Waals surface area contributed by atoms with Crippen LogP contribution >= 0.6 is 0 Å². The number of benzene rings is 2. The minimum Gasteiger partial charge on any atom is -0.385 e. The highest BCUT2D eigenvalue weighted by atomic mass is 16.5. The van der Waals surface area contributed by atoms with Gasteiger partial charge in [-0.15, -0.1) is 0 Å². The van der Waals surface area contributed by atoms with Gasteiger partial charge in [0.25, 0.3) is 11.8 Å². The van der Waals surface area contributed by atoms with Gasteiger partial charge in [0.2, 0.25) is 11.8 Å². The summed E-state index contributed by atoms with van der Waals surface area (Å²) in [7, 11) is 0. The van der Waals surface area contributed by atoms with Crippen molar-refractivity contribution in [2.45, 2.75) is 50.6 Å². The molecule has 2 N–H and O–H groups in total. The molecule has 48 heavy (non-hydrogen) atoms. The van der Waals surface area contributed by atoms with Crippen molar-refractivity contribution in [2.24, 2.45) is 5.92 Å². The van der Waals surface area contributed by atoms with Gasteiger partial charge < -0.3 is 15.0 Å². The average Bonchev–Trinajstić information content (AvgIpc) is 3.66. The second-order valence-electron chi connectivity index (χ2n) is 13.0. The van der Waals surface area contributed by atoms with E-state index in [4.69, 9.17) is 9.72 Å². The molecule has 13 nitrogen and oxygen atoms in total. The third kappa shape index (κ3) is 5.68. The second-order valence-corrected chi connectivity index (χ2v) is 13.0. The maximum Gasteiger partial charge on any atom is 0.262 e. The van der Waals surface area contributed by atoms with Crippen molar-refractivity contribution in [3.05, 3.63) is 66.1 Å². The van der Waals surface area contributed by atoms with Gasteiger partial charge in [-0.05, 0) is 74.4 Å². The molecule has 0 bridgehead atoms. The summed E-state index contributed by atoms with van der Waals surface area (Å²) in [5.41, 5.74) is 5.97. The van der Waals surface area contributed by atoms with Crippen LogP contribution < -0.4 is 15.5 Å². The van der Waals surface area contributed by atoms with Crippen LogP contribution in [0, 0.1) is 5.92 Å². The predicted octanol–water partition coefficient (Wildman–Crippen LogP) is 3.57. The average molecular weight is 649 g/mol. The van der Waals surface area contributed by atoms with E-state index in [9.17, 15) is 19.2 Å². The van der Waals surface area contributed by atoms with Crippen molar-refractivity contribution in [1.29, 1.82) is 0 Å². The van der Waals surface area contributed by atoms with Gasteiger partial charge >= 0.3 is 0 Å². The van der Waals surface area contributed by atoms with Gasteiger partial charge in [-0.1, -0.05) is 0 Å². The van der Waals surface area contributed by atoms with E-state index in [0.29, 0.717) is 12.0 Å². The van der Waals surface area contributed by atoms with Crippen LogP contribution in [0.2, 0.25) is 0 Å². The van der Waals surface area contributed by atoms with E-state index in [1.165, 1.54) is 0 Å². The standard InChI is InChI=1S/C35H36N8O5/c44-32-8-7-31(33(45)40-32)43-34(46)26-5-3-23(16-27(26)35(43)47)36-9-1-2-21-14-25(15-21)42-20-22(18-38-42)30-19-37-28-6-4-24(17-29(28)39-30)41-10-12-48-13-11-41/h3-6,16-21,25,31,36H,1-2,7-15H2,(H,40,44,45)/t21-,25-,31?. The third-order valence-corrected chi connectivity index (χ3v) is 9.94. The van der Waals surface area contributed by atoms with Gasteiger partial charge in [-0.2, -0.15) is 5.10 Å². The zero-order valence-corrected chi connectivity index (χ0v) is 26.4. The van der Waals surface area contributed by atoms with E-state index in [1.807, 2.05) is 18.5 Å². The Morgan fingerprint density at radius 1 is 0.938 bits per heavy atom. The number of nitrogens with zero attached hydrogens (tertiary/aromatic N) is 6. The number of morpholine rings is 1. The van der Waals surface area contributed by atoms with Gasteiger partial charge in [-0.25, -0.2) is 4.98 Å². The lowest BCUT2D eigenvalue weighted by atomic mass is 9.77. The summed E-state index contributed by atoms with van der Waals surface area (Å²) in [5.74, 6) is -1.38.